The van der Waals surface area contributed by atoms with Crippen LogP contribution in [0.2, 0.25) is 5.15 Å². The Labute approximate surface area is 87.1 Å². The van der Waals surface area contributed by atoms with Gasteiger partial charge in [0.15, 0.2) is 0 Å². The molecule has 0 saturated heterocycles. The monoisotopic (exact) mass is 214 g/mol. The number of rotatable bonds is 1. The van der Waals surface area contributed by atoms with Crippen LogP contribution in [0.4, 0.5) is 0 Å². The third kappa shape index (κ3) is 1.81. The van der Waals surface area contributed by atoms with Crippen molar-refractivity contribution in [3.05, 3.63) is 16.7 Å². The summed E-state index contributed by atoms with van der Waals surface area (Å²) in [6, 6.07) is 0. The van der Waals surface area contributed by atoms with Crippen LogP contribution < -0.4 is 0 Å². The summed E-state index contributed by atoms with van der Waals surface area (Å²) in [5.74, 6) is 2.01. The van der Waals surface area contributed by atoms with E-state index in [0.717, 1.165) is 35.0 Å². The molecule has 0 radical (unpaired) electrons. The van der Waals surface area contributed by atoms with Crippen LogP contribution in [0.5, 0.6) is 0 Å². The van der Waals surface area contributed by atoms with E-state index >= 15 is 0 Å². The lowest BCUT2D eigenvalue weighted by atomic mass is 10.2. The Morgan fingerprint density at radius 1 is 1.46 bits per heavy atom. The largest absolute Gasteiger partial charge is 0.237 e. The molecule has 0 amide bonds. The van der Waals surface area contributed by atoms with Crippen molar-refractivity contribution in [1.82, 2.24) is 9.97 Å². The van der Waals surface area contributed by atoms with Gasteiger partial charge in [-0.3, -0.25) is 0 Å². The molecule has 0 N–H and O–H groups in total. The minimum atomic E-state index is 0.645. The molecule has 0 aliphatic carbocycles. The molecule has 1 aliphatic heterocycles. The fourth-order valence-electron chi connectivity index (χ4n) is 1.40. The van der Waals surface area contributed by atoms with Crippen molar-refractivity contribution in [2.24, 2.45) is 0 Å². The Morgan fingerprint density at radius 2 is 2.31 bits per heavy atom. The van der Waals surface area contributed by atoms with Gasteiger partial charge in [-0.25, -0.2) is 9.97 Å². The maximum atomic E-state index is 6.05. The molecule has 2 heterocycles. The average Bonchev–Trinajstić information content (AvgIpc) is 2.18. The topological polar surface area (TPSA) is 25.8 Å². The lowest BCUT2D eigenvalue weighted by Gasteiger charge is -2.15. The zero-order valence-corrected chi connectivity index (χ0v) is 9.08. The molecule has 13 heavy (non-hydrogen) atoms. The van der Waals surface area contributed by atoms with E-state index in [2.05, 4.69) is 9.97 Å². The molecule has 2 nitrogen and oxygen atoms in total. The molecule has 0 unspecified atom stereocenters. The van der Waals surface area contributed by atoms with Crippen LogP contribution in [0.1, 0.15) is 24.9 Å². The van der Waals surface area contributed by atoms with Gasteiger partial charge in [-0.1, -0.05) is 18.5 Å². The van der Waals surface area contributed by atoms with E-state index < -0.39 is 0 Å². The minimum Gasteiger partial charge on any atom is -0.237 e. The number of fused-ring (bicyclic) bond motifs is 1. The van der Waals surface area contributed by atoms with Crippen LogP contribution in [0, 0.1) is 0 Å². The number of thioether (sulfide) groups is 1. The molecule has 4 heteroatoms. The van der Waals surface area contributed by atoms with E-state index in [4.69, 9.17) is 11.6 Å². The summed E-state index contributed by atoms with van der Waals surface area (Å²) < 4.78 is 0. The third-order valence-electron chi connectivity index (χ3n) is 2.06. The maximum Gasteiger partial charge on any atom is 0.146 e. The number of hydrogen-bond acceptors (Lipinski definition) is 3. The second kappa shape index (κ2) is 3.84. The van der Waals surface area contributed by atoms with Crippen molar-refractivity contribution in [3.8, 4) is 0 Å². The van der Waals surface area contributed by atoms with E-state index in [0.29, 0.717) is 5.15 Å². The van der Waals surface area contributed by atoms with Gasteiger partial charge < -0.3 is 0 Å². The first-order valence-corrected chi connectivity index (χ1v) is 5.85. The zero-order valence-electron chi connectivity index (χ0n) is 7.51. The highest BCUT2D eigenvalue weighted by molar-refractivity contribution is 7.99. The Morgan fingerprint density at radius 3 is 3.08 bits per heavy atom. The SMILES string of the molecule is CCc1nc(Cl)c2c(n1)CCCS2. The molecule has 1 aromatic rings. The lowest BCUT2D eigenvalue weighted by molar-refractivity contribution is 0.792. The summed E-state index contributed by atoms with van der Waals surface area (Å²) in [5.41, 5.74) is 1.15. The van der Waals surface area contributed by atoms with Gasteiger partial charge in [0.05, 0.1) is 10.6 Å². The Kier molecular flexibility index (Phi) is 2.74. The van der Waals surface area contributed by atoms with E-state index in [9.17, 15) is 0 Å². The smallest absolute Gasteiger partial charge is 0.146 e. The number of aromatic nitrogens is 2. The summed E-state index contributed by atoms with van der Waals surface area (Å²) in [7, 11) is 0. The average molecular weight is 215 g/mol. The summed E-state index contributed by atoms with van der Waals surface area (Å²) >= 11 is 7.83. The van der Waals surface area contributed by atoms with Gasteiger partial charge in [-0.05, 0) is 18.6 Å². The Balaban J connectivity index is 2.47. The van der Waals surface area contributed by atoms with Crippen molar-refractivity contribution in [1.29, 1.82) is 0 Å². The first-order valence-electron chi connectivity index (χ1n) is 4.49. The summed E-state index contributed by atoms with van der Waals surface area (Å²) in [5, 5.41) is 0.645. The molecular formula is C9H11ClN2S. The molecule has 0 fully saturated rings. The number of halogens is 1. The number of nitrogens with zero attached hydrogens (tertiary/aromatic N) is 2. The van der Waals surface area contributed by atoms with Gasteiger partial charge in [0.1, 0.15) is 11.0 Å². The minimum absolute atomic E-state index is 0.645. The summed E-state index contributed by atoms with van der Waals surface area (Å²) in [6.07, 6.45) is 3.11. The van der Waals surface area contributed by atoms with Crippen LogP contribution in [-0.4, -0.2) is 15.7 Å². The predicted molar refractivity (Wildman–Crippen MR) is 55.5 cm³/mol. The van der Waals surface area contributed by atoms with Gasteiger partial charge in [0.2, 0.25) is 0 Å². The van der Waals surface area contributed by atoms with Crippen molar-refractivity contribution < 1.29 is 0 Å². The van der Waals surface area contributed by atoms with Gasteiger partial charge in [0.25, 0.3) is 0 Å². The van der Waals surface area contributed by atoms with Crippen LogP contribution in [-0.2, 0) is 12.8 Å². The third-order valence-corrected chi connectivity index (χ3v) is 3.66. The van der Waals surface area contributed by atoms with E-state index in [1.54, 1.807) is 11.8 Å². The highest BCUT2D eigenvalue weighted by atomic mass is 35.5. The van der Waals surface area contributed by atoms with Crippen LogP contribution in [0.15, 0.2) is 4.90 Å². The second-order valence-corrected chi connectivity index (χ2v) is 4.48. The molecule has 0 atom stereocenters. The lowest BCUT2D eigenvalue weighted by Crippen LogP contribution is -2.06. The van der Waals surface area contributed by atoms with Crippen LogP contribution in [0.25, 0.3) is 0 Å². The van der Waals surface area contributed by atoms with Crippen molar-refractivity contribution in [2.45, 2.75) is 31.1 Å². The predicted octanol–water partition coefficient (Wildman–Crippen LogP) is 2.73. The summed E-state index contributed by atoms with van der Waals surface area (Å²) in [6.45, 7) is 2.05. The standard InChI is InChI=1S/C9H11ClN2S/c1-2-7-11-6-4-3-5-13-8(6)9(10)12-7/h2-5H2,1H3. The number of hydrogen-bond donors (Lipinski definition) is 0. The molecule has 70 valence electrons. The first-order chi connectivity index (χ1) is 6.31. The fourth-order valence-corrected chi connectivity index (χ4v) is 2.74. The molecule has 2 rings (SSSR count). The molecule has 0 aromatic carbocycles. The Bertz CT molecular complexity index is 328. The van der Waals surface area contributed by atoms with Crippen molar-refractivity contribution in [3.63, 3.8) is 0 Å². The number of aryl methyl sites for hydroxylation is 2. The molecule has 0 saturated carbocycles. The van der Waals surface area contributed by atoms with Crippen molar-refractivity contribution >= 4 is 23.4 Å². The fraction of sp³-hybridized carbons (Fsp3) is 0.556. The maximum absolute atomic E-state index is 6.05. The molecule has 0 bridgehead atoms. The second-order valence-electron chi connectivity index (χ2n) is 3.01. The summed E-state index contributed by atoms with van der Waals surface area (Å²) in [4.78, 5) is 9.82. The van der Waals surface area contributed by atoms with Gasteiger partial charge >= 0.3 is 0 Å². The molecule has 1 aromatic heterocycles. The van der Waals surface area contributed by atoms with Gasteiger partial charge in [-0.2, -0.15) is 0 Å². The molecular weight excluding hydrogens is 204 g/mol. The normalized spacial score (nSPS) is 15.5. The van der Waals surface area contributed by atoms with Gasteiger partial charge in [-0.15, -0.1) is 11.8 Å². The Hall–Kier alpha value is -0.280. The highest BCUT2D eigenvalue weighted by Gasteiger charge is 2.16. The van der Waals surface area contributed by atoms with Crippen molar-refractivity contribution in [2.75, 3.05) is 5.75 Å². The molecule has 1 aliphatic rings. The van der Waals surface area contributed by atoms with E-state index in [1.165, 1.54) is 6.42 Å². The van der Waals surface area contributed by atoms with Crippen LogP contribution >= 0.6 is 23.4 Å². The molecule has 0 spiro atoms. The first kappa shape index (κ1) is 9.28. The van der Waals surface area contributed by atoms with E-state index in [1.807, 2.05) is 6.92 Å². The van der Waals surface area contributed by atoms with E-state index in [-0.39, 0.29) is 0 Å². The van der Waals surface area contributed by atoms with Gasteiger partial charge in [0, 0.05) is 6.42 Å². The quantitative estimate of drug-likeness (QED) is 0.673. The highest BCUT2D eigenvalue weighted by Crippen LogP contribution is 2.33. The van der Waals surface area contributed by atoms with Crippen LogP contribution in [0.3, 0.4) is 0 Å². The zero-order chi connectivity index (χ0) is 9.26.